The van der Waals surface area contributed by atoms with E-state index < -0.39 is 11.6 Å². The van der Waals surface area contributed by atoms with Gasteiger partial charge in [-0.2, -0.15) is 0 Å². The van der Waals surface area contributed by atoms with Crippen molar-refractivity contribution in [2.75, 3.05) is 6.54 Å². The molecule has 6 heteroatoms. The maximum atomic E-state index is 12.6. The maximum absolute atomic E-state index is 12.6. The summed E-state index contributed by atoms with van der Waals surface area (Å²) in [5, 5.41) is 4.76. The van der Waals surface area contributed by atoms with E-state index in [0.29, 0.717) is 6.42 Å². The standard InChI is InChI=1S/C13H14N2O3S/c1-8(16)7-15-11(17)13(14-12(15)18)5-2-3-10-9(13)4-6-19-10/h4,6H,2-3,5,7H2,1H3,(H,14,18)/t13-/m0/s1. The van der Waals surface area contributed by atoms with Crippen LogP contribution in [0.5, 0.6) is 0 Å². The molecule has 3 amide bonds. The second kappa shape index (κ2) is 4.16. The number of fused-ring (bicyclic) bond motifs is 2. The first-order valence-corrected chi connectivity index (χ1v) is 7.13. The van der Waals surface area contributed by atoms with Crippen LogP contribution in [0.15, 0.2) is 11.4 Å². The third kappa shape index (κ3) is 1.70. The molecule has 1 spiro atoms. The number of hydrogen-bond acceptors (Lipinski definition) is 4. The Hall–Kier alpha value is -1.69. The van der Waals surface area contributed by atoms with Gasteiger partial charge in [0.05, 0.1) is 6.54 Å². The van der Waals surface area contributed by atoms with Crippen molar-refractivity contribution in [1.82, 2.24) is 10.2 Å². The van der Waals surface area contributed by atoms with Gasteiger partial charge in [0.25, 0.3) is 5.91 Å². The lowest BCUT2D eigenvalue weighted by molar-refractivity contribution is -0.134. The fraction of sp³-hybridized carbons (Fsp3) is 0.462. The first-order chi connectivity index (χ1) is 9.04. The van der Waals surface area contributed by atoms with Crippen molar-refractivity contribution < 1.29 is 14.4 Å². The Labute approximate surface area is 114 Å². The second-order valence-corrected chi connectivity index (χ2v) is 6.04. The molecule has 1 N–H and O–H groups in total. The number of Topliss-reactive ketones (excluding diaryl/α,β-unsaturated/α-hetero) is 1. The van der Waals surface area contributed by atoms with E-state index in [1.165, 1.54) is 6.92 Å². The normalized spacial score (nSPS) is 25.6. The van der Waals surface area contributed by atoms with Gasteiger partial charge in [0.1, 0.15) is 11.3 Å². The molecule has 1 fully saturated rings. The van der Waals surface area contributed by atoms with E-state index in [1.54, 1.807) is 11.3 Å². The number of ketones is 1. The van der Waals surface area contributed by atoms with Crippen LogP contribution in [0.25, 0.3) is 0 Å². The van der Waals surface area contributed by atoms with Gasteiger partial charge in [0.2, 0.25) is 0 Å². The van der Waals surface area contributed by atoms with Gasteiger partial charge in [-0.1, -0.05) is 0 Å². The lowest BCUT2D eigenvalue weighted by Crippen LogP contribution is -2.46. The Morgan fingerprint density at radius 1 is 1.53 bits per heavy atom. The Kier molecular flexibility index (Phi) is 2.70. The van der Waals surface area contributed by atoms with Crippen molar-refractivity contribution in [2.24, 2.45) is 0 Å². The van der Waals surface area contributed by atoms with Crippen LogP contribution in [-0.4, -0.2) is 29.2 Å². The molecule has 1 aliphatic carbocycles. The monoisotopic (exact) mass is 278 g/mol. The number of aryl methyl sites for hydroxylation is 1. The fourth-order valence-electron chi connectivity index (χ4n) is 2.91. The van der Waals surface area contributed by atoms with Gasteiger partial charge in [0, 0.05) is 10.4 Å². The SMILES string of the molecule is CC(=O)CN1C(=O)N[C@]2(CCCc3sccc32)C1=O. The van der Waals surface area contributed by atoms with Crippen LogP contribution in [0.1, 0.15) is 30.2 Å². The number of thiophene rings is 1. The van der Waals surface area contributed by atoms with Gasteiger partial charge in [-0.15, -0.1) is 11.3 Å². The third-order valence-electron chi connectivity index (χ3n) is 3.72. The molecular formula is C13H14N2O3S. The van der Waals surface area contributed by atoms with Gasteiger partial charge in [0.15, 0.2) is 0 Å². The number of carbonyl (C=O) groups excluding carboxylic acids is 3. The van der Waals surface area contributed by atoms with Crippen LogP contribution in [0.2, 0.25) is 0 Å². The molecule has 1 saturated heterocycles. The summed E-state index contributed by atoms with van der Waals surface area (Å²) in [6.45, 7) is 1.23. The molecule has 1 aliphatic heterocycles. The molecule has 1 aromatic heterocycles. The summed E-state index contributed by atoms with van der Waals surface area (Å²) in [5.41, 5.74) is -0.0201. The molecule has 2 heterocycles. The molecule has 0 saturated carbocycles. The fourth-order valence-corrected chi connectivity index (χ4v) is 3.91. The van der Waals surface area contributed by atoms with Crippen molar-refractivity contribution >= 4 is 29.1 Å². The number of nitrogens with one attached hydrogen (secondary N) is 1. The molecular weight excluding hydrogens is 264 g/mol. The highest BCUT2D eigenvalue weighted by Crippen LogP contribution is 2.41. The average molecular weight is 278 g/mol. The second-order valence-electron chi connectivity index (χ2n) is 5.04. The van der Waals surface area contributed by atoms with Crippen molar-refractivity contribution in [3.8, 4) is 0 Å². The lowest BCUT2D eigenvalue weighted by Gasteiger charge is -2.31. The summed E-state index contributed by atoms with van der Waals surface area (Å²) in [6.07, 6.45) is 2.42. The summed E-state index contributed by atoms with van der Waals surface area (Å²) in [6, 6.07) is 1.45. The van der Waals surface area contributed by atoms with Crippen LogP contribution < -0.4 is 5.32 Å². The molecule has 100 valence electrons. The lowest BCUT2D eigenvalue weighted by atomic mass is 9.80. The smallest absolute Gasteiger partial charge is 0.319 e. The maximum Gasteiger partial charge on any atom is 0.325 e. The van der Waals surface area contributed by atoms with Crippen molar-refractivity contribution in [1.29, 1.82) is 0 Å². The Morgan fingerprint density at radius 2 is 2.32 bits per heavy atom. The van der Waals surface area contributed by atoms with E-state index in [-0.39, 0.29) is 18.2 Å². The van der Waals surface area contributed by atoms with Crippen molar-refractivity contribution in [2.45, 2.75) is 31.7 Å². The van der Waals surface area contributed by atoms with Gasteiger partial charge in [-0.05, 0) is 37.6 Å². The van der Waals surface area contributed by atoms with Crippen LogP contribution in [0.4, 0.5) is 4.79 Å². The molecule has 5 nitrogen and oxygen atoms in total. The zero-order chi connectivity index (χ0) is 13.6. The molecule has 0 radical (unpaired) electrons. The quantitative estimate of drug-likeness (QED) is 0.832. The van der Waals surface area contributed by atoms with E-state index >= 15 is 0 Å². The summed E-state index contributed by atoms with van der Waals surface area (Å²) >= 11 is 1.62. The van der Waals surface area contributed by atoms with Crippen molar-refractivity contribution in [3.63, 3.8) is 0 Å². The molecule has 19 heavy (non-hydrogen) atoms. The minimum Gasteiger partial charge on any atom is -0.319 e. The molecule has 1 atom stereocenters. The first kappa shape index (κ1) is 12.3. The molecule has 0 bridgehead atoms. The molecule has 0 unspecified atom stereocenters. The number of amides is 3. The molecule has 1 aromatic rings. The minimum absolute atomic E-state index is 0.147. The van der Waals surface area contributed by atoms with Crippen LogP contribution in [0, 0.1) is 0 Å². The number of nitrogens with zero attached hydrogens (tertiary/aromatic N) is 1. The van der Waals surface area contributed by atoms with Crippen molar-refractivity contribution in [3.05, 3.63) is 21.9 Å². The largest absolute Gasteiger partial charge is 0.325 e. The van der Waals surface area contributed by atoms with Crippen LogP contribution in [0.3, 0.4) is 0 Å². The number of rotatable bonds is 2. The van der Waals surface area contributed by atoms with Crippen LogP contribution >= 0.6 is 11.3 Å². The van der Waals surface area contributed by atoms with E-state index in [0.717, 1.165) is 28.2 Å². The summed E-state index contributed by atoms with van der Waals surface area (Å²) in [4.78, 5) is 37.9. The highest BCUT2D eigenvalue weighted by atomic mass is 32.1. The number of urea groups is 1. The van der Waals surface area contributed by atoms with E-state index in [2.05, 4.69) is 5.32 Å². The zero-order valence-corrected chi connectivity index (χ0v) is 11.4. The predicted molar refractivity (Wildman–Crippen MR) is 69.9 cm³/mol. The highest BCUT2D eigenvalue weighted by molar-refractivity contribution is 7.10. The van der Waals surface area contributed by atoms with Crippen LogP contribution in [-0.2, 0) is 21.5 Å². The van der Waals surface area contributed by atoms with E-state index in [1.807, 2.05) is 11.4 Å². The Balaban J connectivity index is 2.02. The first-order valence-electron chi connectivity index (χ1n) is 6.25. The summed E-state index contributed by atoms with van der Waals surface area (Å²) in [7, 11) is 0. The number of imide groups is 1. The Bertz CT molecular complexity index is 580. The number of hydrogen-bond donors (Lipinski definition) is 1. The minimum atomic E-state index is -0.930. The van der Waals surface area contributed by atoms with Gasteiger partial charge in [-0.25, -0.2) is 4.79 Å². The highest BCUT2D eigenvalue weighted by Gasteiger charge is 2.54. The topological polar surface area (TPSA) is 66.5 Å². The third-order valence-corrected chi connectivity index (χ3v) is 4.70. The van der Waals surface area contributed by atoms with E-state index in [4.69, 9.17) is 0 Å². The number of carbonyl (C=O) groups is 3. The van der Waals surface area contributed by atoms with Gasteiger partial charge in [-0.3, -0.25) is 14.5 Å². The molecule has 0 aromatic carbocycles. The average Bonchev–Trinajstić information content (AvgIpc) is 2.91. The Morgan fingerprint density at radius 3 is 3.05 bits per heavy atom. The molecule has 3 rings (SSSR count). The molecule has 2 aliphatic rings. The van der Waals surface area contributed by atoms with Gasteiger partial charge >= 0.3 is 6.03 Å². The predicted octanol–water partition coefficient (Wildman–Crippen LogP) is 1.42. The van der Waals surface area contributed by atoms with Gasteiger partial charge < -0.3 is 5.32 Å². The summed E-state index contributed by atoms with van der Waals surface area (Å²) < 4.78 is 0. The zero-order valence-electron chi connectivity index (χ0n) is 10.6. The van der Waals surface area contributed by atoms with E-state index in [9.17, 15) is 14.4 Å². The summed E-state index contributed by atoms with van der Waals surface area (Å²) in [5.74, 6) is -0.478.